The van der Waals surface area contributed by atoms with Crippen LogP contribution in [-0.2, 0) is 20.9 Å². The van der Waals surface area contributed by atoms with E-state index in [1.807, 2.05) is 109 Å². The van der Waals surface area contributed by atoms with Gasteiger partial charge in [0.05, 0.1) is 24.2 Å². The number of aromatic nitrogens is 2. The Balaban J connectivity index is 0.753. The summed E-state index contributed by atoms with van der Waals surface area (Å²) in [5.41, 5.74) is 13.1. The molecule has 1 fully saturated rings. The number of nitrogens with one attached hydrogen (secondary N) is 2. The van der Waals surface area contributed by atoms with Crippen molar-refractivity contribution in [2.45, 2.75) is 114 Å². The number of hydrogen-bond donors (Lipinski definition) is 5. The van der Waals surface area contributed by atoms with E-state index >= 15 is 0 Å². The van der Waals surface area contributed by atoms with Crippen molar-refractivity contribution in [2.24, 2.45) is 5.92 Å². The summed E-state index contributed by atoms with van der Waals surface area (Å²) in [4.78, 5) is 50.6. The Labute approximate surface area is 438 Å². The summed E-state index contributed by atoms with van der Waals surface area (Å²) in [6.45, 7) is 0.370. The molecule has 75 heavy (non-hydrogen) atoms. The SMILES string of the molecule is Nc1ncccc1C(c1ccccc1NC(=O)CCCCCCCCCCC(=O)NCc1ccc(C2C(CCC(O)c3ccc(F)cc3)C(=O)N2c2ccc(F)cc2)cc1)C(c1ccccn1)C(O)c1ccccc1. The van der Waals surface area contributed by atoms with Gasteiger partial charge in [-0.05, 0) is 114 Å². The molecule has 8 rings (SSSR count). The van der Waals surface area contributed by atoms with Gasteiger partial charge in [-0.1, -0.05) is 136 Å². The molecule has 2 aromatic heterocycles. The first-order chi connectivity index (χ1) is 36.5. The molecule has 1 saturated heterocycles. The number of benzene rings is 5. The molecule has 6 N–H and O–H groups in total. The number of nitrogens with two attached hydrogens (primary N) is 1. The zero-order valence-electron chi connectivity index (χ0n) is 42.1. The number of carbonyl (C=O) groups is 3. The number of para-hydroxylation sites is 1. The second-order valence-electron chi connectivity index (χ2n) is 19.5. The third-order valence-corrected chi connectivity index (χ3v) is 14.3. The number of nitrogens with zero attached hydrogens (tertiary/aromatic N) is 3. The number of pyridine rings is 2. The zero-order chi connectivity index (χ0) is 52.5. The van der Waals surface area contributed by atoms with E-state index in [-0.39, 0.29) is 29.6 Å². The minimum atomic E-state index is -0.956. The summed E-state index contributed by atoms with van der Waals surface area (Å²) in [6, 6.07) is 45.5. The fourth-order valence-electron chi connectivity index (χ4n) is 10.3. The van der Waals surface area contributed by atoms with Crippen LogP contribution < -0.4 is 21.3 Å². The molecule has 0 bridgehead atoms. The van der Waals surface area contributed by atoms with E-state index in [2.05, 4.69) is 15.6 Å². The fraction of sp³-hybridized carbons (Fsp3) is 0.306. The van der Waals surface area contributed by atoms with Gasteiger partial charge in [0.1, 0.15) is 17.5 Å². The number of hydrogen-bond acceptors (Lipinski definition) is 8. The minimum Gasteiger partial charge on any atom is -0.388 e. The summed E-state index contributed by atoms with van der Waals surface area (Å²) < 4.78 is 27.3. The quantitative estimate of drug-likeness (QED) is 0.0264. The predicted octanol–water partition coefficient (Wildman–Crippen LogP) is 12.4. The number of aliphatic hydroxyl groups is 2. The van der Waals surface area contributed by atoms with Crippen molar-refractivity contribution in [1.29, 1.82) is 0 Å². The molecular formula is C62H66F2N6O5. The molecule has 3 heterocycles. The zero-order valence-corrected chi connectivity index (χ0v) is 42.1. The molecule has 5 aromatic carbocycles. The number of rotatable bonds is 26. The van der Waals surface area contributed by atoms with Crippen molar-refractivity contribution in [1.82, 2.24) is 15.3 Å². The third-order valence-electron chi connectivity index (χ3n) is 14.3. The highest BCUT2D eigenvalue weighted by atomic mass is 19.1. The first kappa shape index (κ1) is 53.7. The van der Waals surface area contributed by atoms with Gasteiger partial charge in [0.2, 0.25) is 17.7 Å². The molecule has 6 atom stereocenters. The van der Waals surface area contributed by atoms with Gasteiger partial charge in [-0.15, -0.1) is 0 Å². The van der Waals surface area contributed by atoms with Crippen LogP contribution in [0, 0.1) is 17.6 Å². The van der Waals surface area contributed by atoms with Gasteiger partial charge in [-0.25, -0.2) is 13.8 Å². The van der Waals surface area contributed by atoms with Crippen LogP contribution in [0.25, 0.3) is 0 Å². The first-order valence-corrected chi connectivity index (χ1v) is 26.2. The molecule has 0 aliphatic carbocycles. The number of unbranched alkanes of at least 4 members (excludes halogenated alkanes) is 7. The van der Waals surface area contributed by atoms with Crippen LogP contribution in [-0.4, -0.2) is 37.9 Å². The van der Waals surface area contributed by atoms with Gasteiger partial charge in [0.15, 0.2) is 0 Å². The van der Waals surface area contributed by atoms with E-state index < -0.39 is 35.8 Å². The summed E-state index contributed by atoms with van der Waals surface area (Å²) >= 11 is 0. The Morgan fingerprint density at radius 3 is 1.89 bits per heavy atom. The molecule has 6 unspecified atom stereocenters. The Hall–Kier alpha value is -7.61. The van der Waals surface area contributed by atoms with Crippen molar-refractivity contribution in [3.63, 3.8) is 0 Å². The van der Waals surface area contributed by atoms with Gasteiger partial charge in [0, 0.05) is 66.2 Å². The Kier molecular flexibility index (Phi) is 19.0. The van der Waals surface area contributed by atoms with Crippen LogP contribution in [0.1, 0.15) is 146 Å². The van der Waals surface area contributed by atoms with E-state index in [0.29, 0.717) is 60.7 Å². The summed E-state index contributed by atoms with van der Waals surface area (Å²) in [6.07, 6.45) is 10.6. The van der Waals surface area contributed by atoms with Crippen LogP contribution in [0.15, 0.2) is 170 Å². The second kappa shape index (κ2) is 26.6. The van der Waals surface area contributed by atoms with Crippen molar-refractivity contribution in [2.75, 3.05) is 16.0 Å². The smallest absolute Gasteiger partial charge is 0.233 e. The van der Waals surface area contributed by atoms with E-state index in [4.69, 9.17) is 10.7 Å². The number of β-lactam (4-membered cyclic amide) rings is 1. The Morgan fingerprint density at radius 2 is 1.23 bits per heavy atom. The van der Waals surface area contributed by atoms with Crippen LogP contribution in [0.4, 0.5) is 26.0 Å². The molecule has 1 aliphatic heterocycles. The van der Waals surface area contributed by atoms with E-state index in [1.165, 1.54) is 24.3 Å². The van der Waals surface area contributed by atoms with E-state index in [1.54, 1.807) is 41.6 Å². The topological polar surface area (TPSA) is 171 Å². The molecular weight excluding hydrogens is 947 g/mol. The molecule has 13 heteroatoms. The molecule has 0 radical (unpaired) electrons. The average molecular weight is 1010 g/mol. The number of amides is 3. The van der Waals surface area contributed by atoms with Crippen molar-refractivity contribution in [3.05, 3.63) is 221 Å². The summed E-state index contributed by atoms with van der Waals surface area (Å²) in [5.74, 6) is -2.16. The standard InChI is InChI=1S/C62H66F2N6O5/c63-46-31-29-43(30-32-46)54(71)38-37-51-59(70(62(51)75)48-35-33-47(64)34-36-48)44-27-25-42(26-28-44)41-68-55(72)23-10-5-3-1-2-4-6-11-24-56(73)69-52-21-13-12-19-49(52)57(50-20-16-40-67-61(50)65)58(53-22-14-15-39-66-53)60(74)45-17-8-7-9-18-45/h7-9,12-22,25-36,39-40,51,54,57-60,71,74H,1-6,10-11,23-24,37-38,41H2,(H2,65,67)(H,68,72)(H,69,73). The highest BCUT2D eigenvalue weighted by molar-refractivity contribution is 6.03. The minimum absolute atomic E-state index is 0.0126. The van der Waals surface area contributed by atoms with E-state index in [9.17, 15) is 33.4 Å². The van der Waals surface area contributed by atoms with E-state index in [0.717, 1.165) is 79.2 Å². The summed E-state index contributed by atoms with van der Waals surface area (Å²) in [7, 11) is 0. The van der Waals surface area contributed by atoms with Gasteiger partial charge in [-0.3, -0.25) is 19.4 Å². The summed E-state index contributed by atoms with van der Waals surface area (Å²) in [5, 5.41) is 29.1. The first-order valence-electron chi connectivity index (χ1n) is 26.2. The molecule has 1 aliphatic rings. The van der Waals surface area contributed by atoms with Gasteiger partial charge < -0.3 is 31.5 Å². The Morgan fingerprint density at radius 1 is 0.627 bits per heavy atom. The molecule has 3 amide bonds. The maximum atomic E-state index is 13.8. The number of nitrogen functional groups attached to an aromatic ring is 1. The monoisotopic (exact) mass is 1010 g/mol. The number of aliphatic hydroxyl groups excluding tert-OH is 2. The lowest BCUT2D eigenvalue weighted by molar-refractivity contribution is -0.131. The molecule has 11 nitrogen and oxygen atoms in total. The molecule has 0 spiro atoms. The van der Waals surface area contributed by atoms with Crippen molar-refractivity contribution < 1.29 is 33.4 Å². The Bertz CT molecular complexity index is 2930. The maximum Gasteiger partial charge on any atom is 0.233 e. The number of halogens is 2. The van der Waals surface area contributed by atoms with Crippen LogP contribution >= 0.6 is 0 Å². The normalized spacial score (nSPS) is 15.8. The number of anilines is 3. The predicted molar refractivity (Wildman–Crippen MR) is 289 cm³/mol. The maximum absolute atomic E-state index is 13.8. The second-order valence-corrected chi connectivity index (χ2v) is 19.5. The van der Waals surface area contributed by atoms with Gasteiger partial charge in [0.25, 0.3) is 0 Å². The third kappa shape index (κ3) is 14.2. The largest absolute Gasteiger partial charge is 0.388 e. The number of carbonyl (C=O) groups excluding carboxylic acids is 3. The fourth-order valence-corrected chi connectivity index (χ4v) is 10.3. The lowest BCUT2D eigenvalue weighted by Gasteiger charge is -2.48. The lowest BCUT2D eigenvalue weighted by atomic mass is 9.74. The van der Waals surface area contributed by atoms with Gasteiger partial charge in [-0.2, -0.15) is 0 Å². The van der Waals surface area contributed by atoms with Gasteiger partial charge >= 0.3 is 0 Å². The molecule has 7 aromatic rings. The molecule has 388 valence electrons. The van der Waals surface area contributed by atoms with Crippen molar-refractivity contribution in [3.8, 4) is 0 Å². The highest BCUT2D eigenvalue weighted by Gasteiger charge is 2.48. The van der Waals surface area contributed by atoms with Crippen molar-refractivity contribution >= 4 is 34.9 Å². The van der Waals surface area contributed by atoms with Crippen LogP contribution in [0.5, 0.6) is 0 Å². The highest BCUT2D eigenvalue weighted by Crippen LogP contribution is 2.49. The van der Waals surface area contributed by atoms with Crippen LogP contribution in [0.3, 0.4) is 0 Å². The average Bonchev–Trinajstić information content (AvgIpc) is 3.44. The van der Waals surface area contributed by atoms with Crippen LogP contribution in [0.2, 0.25) is 0 Å². The molecule has 0 saturated carbocycles. The lowest BCUT2D eigenvalue weighted by Crippen LogP contribution is -2.55.